The first-order valence-electron chi connectivity index (χ1n) is 6.92. The first kappa shape index (κ1) is 13.9. The summed E-state index contributed by atoms with van der Waals surface area (Å²) in [5.41, 5.74) is 1.76. The van der Waals surface area contributed by atoms with Gasteiger partial charge in [-0.15, -0.1) is 0 Å². The van der Waals surface area contributed by atoms with E-state index in [1.54, 1.807) is 6.08 Å². The Labute approximate surface area is 128 Å². The highest BCUT2D eigenvalue weighted by Gasteiger charge is 2.11. The molecule has 110 valence electrons. The number of rotatable bonds is 4. The van der Waals surface area contributed by atoms with E-state index in [1.807, 2.05) is 60.7 Å². The van der Waals surface area contributed by atoms with Gasteiger partial charge in [-0.05, 0) is 29.8 Å². The van der Waals surface area contributed by atoms with Gasteiger partial charge < -0.3 is 14.8 Å². The average Bonchev–Trinajstić information content (AvgIpc) is 3.00. The molecule has 0 saturated carbocycles. The molecule has 0 atom stereocenters. The second-order valence-electron chi connectivity index (χ2n) is 4.69. The second-order valence-corrected chi connectivity index (χ2v) is 4.69. The zero-order chi connectivity index (χ0) is 15.2. The van der Waals surface area contributed by atoms with Crippen molar-refractivity contribution in [2.45, 2.75) is 0 Å². The average molecular weight is 293 g/mol. The van der Waals surface area contributed by atoms with Gasteiger partial charge in [0.1, 0.15) is 0 Å². The van der Waals surface area contributed by atoms with Crippen molar-refractivity contribution in [2.24, 2.45) is 0 Å². The Bertz CT molecular complexity index is 720. The van der Waals surface area contributed by atoms with Crippen LogP contribution in [0.4, 0.5) is 5.69 Å². The summed E-state index contributed by atoms with van der Waals surface area (Å²) in [6, 6.07) is 15.0. The molecular formula is C18H15NO3. The molecule has 1 N–H and O–H groups in total. The minimum Gasteiger partial charge on any atom is -0.454 e. The lowest BCUT2D eigenvalue weighted by molar-refractivity contribution is -0.111. The molecular weight excluding hydrogens is 278 g/mol. The number of amides is 1. The summed E-state index contributed by atoms with van der Waals surface area (Å²) in [5.74, 6) is 1.34. The van der Waals surface area contributed by atoms with Crippen LogP contribution in [0.15, 0.2) is 66.8 Å². The fraction of sp³-hybridized carbons (Fsp3) is 0.0556. The highest BCUT2D eigenvalue weighted by Crippen LogP contribution is 2.32. The summed E-state index contributed by atoms with van der Waals surface area (Å²) >= 11 is 0. The van der Waals surface area contributed by atoms with Gasteiger partial charge in [0.05, 0.1) is 0 Å². The van der Waals surface area contributed by atoms with Crippen molar-refractivity contribution >= 4 is 17.7 Å². The van der Waals surface area contributed by atoms with Crippen molar-refractivity contribution in [3.8, 4) is 11.5 Å². The number of benzene rings is 2. The molecule has 4 nitrogen and oxygen atoms in total. The van der Waals surface area contributed by atoms with Crippen LogP contribution in [0.25, 0.3) is 6.08 Å². The minimum absolute atomic E-state index is 0.165. The summed E-state index contributed by atoms with van der Waals surface area (Å²) in [5, 5.41) is 2.78. The van der Waals surface area contributed by atoms with Gasteiger partial charge in [-0.1, -0.05) is 42.5 Å². The van der Waals surface area contributed by atoms with Gasteiger partial charge in [0.15, 0.2) is 11.5 Å². The van der Waals surface area contributed by atoms with Crippen molar-refractivity contribution in [3.05, 3.63) is 72.3 Å². The summed E-state index contributed by atoms with van der Waals surface area (Å²) in [7, 11) is 0. The topological polar surface area (TPSA) is 47.6 Å². The maximum atomic E-state index is 11.7. The molecule has 0 bridgehead atoms. The molecule has 2 aromatic carbocycles. The normalized spacial score (nSPS) is 12.9. The molecule has 3 rings (SSSR count). The van der Waals surface area contributed by atoms with Crippen molar-refractivity contribution < 1.29 is 14.3 Å². The lowest BCUT2D eigenvalue weighted by Gasteiger charge is -1.99. The lowest BCUT2D eigenvalue weighted by Crippen LogP contribution is -2.07. The molecule has 0 aliphatic carbocycles. The molecule has 1 amide bonds. The third kappa shape index (κ3) is 3.55. The van der Waals surface area contributed by atoms with Crippen molar-refractivity contribution in [3.63, 3.8) is 0 Å². The van der Waals surface area contributed by atoms with E-state index in [4.69, 9.17) is 9.47 Å². The number of carbonyl (C=O) groups excluding carboxylic acids is 1. The SMILES string of the molecule is O=C(C=CC=Cc1ccc2c(c1)OCO2)Nc1ccccc1. The van der Waals surface area contributed by atoms with Gasteiger partial charge in [0.2, 0.25) is 12.7 Å². The van der Waals surface area contributed by atoms with Gasteiger partial charge in [-0.25, -0.2) is 0 Å². The van der Waals surface area contributed by atoms with Gasteiger partial charge >= 0.3 is 0 Å². The van der Waals surface area contributed by atoms with E-state index in [-0.39, 0.29) is 12.7 Å². The van der Waals surface area contributed by atoms with Gasteiger partial charge in [0.25, 0.3) is 0 Å². The second kappa shape index (κ2) is 6.63. The number of carbonyl (C=O) groups is 1. The predicted molar refractivity (Wildman–Crippen MR) is 85.8 cm³/mol. The fourth-order valence-electron chi connectivity index (χ4n) is 2.03. The maximum Gasteiger partial charge on any atom is 0.248 e. The van der Waals surface area contributed by atoms with Crippen LogP contribution in [0.2, 0.25) is 0 Å². The van der Waals surface area contributed by atoms with Crippen LogP contribution in [0.1, 0.15) is 5.56 Å². The maximum absolute atomic E-state index is 11.7. The Balaban J connectivity index is 1.56. The van der Waals surface area contributed by atoms with Crippen LogP contribution in [0, 0.1) is 0 Å². The van der Waals surface area contributed by atoms with Crippen molar-refractivity contribution in [2.75, 3.05) is 12.1 Å². The van der Waals surface area contributed by atoms with Crippen molar-refractivity contribution in [1.29, 1.82) is 0 Å². The quantitative estimate of drug-likeness (QED) is 0.692. The molecule has 0 saturated heterocycles. The lowest BCUT2D eigenvalue weighted by atomic mass is 10.2. The Morgan fingerprint density at radius 3 is 2.68 bits per heavy atom. The number of nitrogens with one attached hydrogen (secondary N) is 1. The Hall–Kier alpha value is -3.01. The fourth-order valence-corrected chi connectivity index (χ4v) is 2.03. The third-order valence-corrected chi connectivity index (χ3v) is 3.09. The highest BCUT2D eigenvalue weighted by atomic mass is 16.7. The number of ether oxygens (including phenoxy) is 2. The first-order valence-corrected chi connectivity index (χ1v) is 6.92. The molecule has 0 aromatic heterocycles. The Morgan fingerprint density at radius 1 is 1.00 bits per heavy atom. The number of allylic oxidation sites excluding steroid dienone is 2. The monoisotopic (exact) mass is 293 g/mol. The van der Waals surface area contributed by atoms with E-state index in [9.17, 15) is 4.79 Å². The first-order chi connectivity index (χ1) is 10.8. The smallest absolute Gasteiger partial charge is 0.248 e. The number of hydrogen-bond acceptors (Lipinski definition) is 3. The number of para-hydroxylation sites is 1. The molecule has 1 aliphatic rings. The Morgan fingerprint density at radius 2 is 1.82 bits per heavy atom. The molecule has 0 unspecified atom stereocenters. The molecule has 2 aromatic rings. The highest BCUT2D eigenvalue weighted by molar-refractivity contribution is 5.99. The Kier molecular flexibility index (Phi) is 4.20. The third-order valence-electron chi connectivity index (χ3n) is 3.09. The zero-order valence-electron chi connectivity index (χ0n) is 11.9. The van der Waals surface area contributed by atoms with Crippen LogP contribution in [0.3, 0.4) is 0 Å². The largest absolute Gasteiger partial charge is 0.454 e. The number of fused-ring (bicyclic) bond motifs is 1. The predicted octanol–water partition coefficient (Wildman–Crippen LogP) is 3.62. The standard InChI is InChI=1S/C18H15NO3/c20-18(19-15-7-2-1-3-8-15)9-5-4-6-14-10-11-16-17(12-14)22-13-21-16/h1-12H,13H2,(H,19,20). The van der Waals surface area contributed by atoms with Crippen LogP contribution >= 0.6 is 0 Å². The molecule has 0 radical (unpaired) electrons. The van der Waals surface area contributed by atoms with E-state index in [0.717, 1.165) is 22.7 Å². The molecule has 0 spiro atoms. The molecule has 1 heterocycles. The molecule has 0 fully saturated rings. The summed E-state index contributed by atoms with van der Waals surface area (Å²) in [6.45, 7) is 0.266. The van der Waals surface area contributed by atoms with Gasteiger partial charge in [-0.3, -0.25) is 4.79 Å². The molecule has 1 aliphatic heterocycles. The number of hydrogen-bond donors (Lipinski definition) is 1. The summed E-state index contributed by atoms with van der Waals surface area (Å²) in [6.07, 6.45) is 6.88. The summed E-state index contributed by atoms with van der Waals surface area (Å²) < 4.78 is 10.6. The van der Waals surface area contributed by atoms with Crippen LogP contribution < -0.4 is 14.8 Å². The van der Waals surface area contributed by atoms with E-state index < -0.39 is 0 Å². The van der Waals surface area contributed by atoms with Gasteiger partial charge in [0, 0.05) is 11.8 Å². The van der Waals surface area contributed by atoms with E-state index in [1.165, 1.54) is 6.08 Å². The molecule has 4 heteroatoms. The zero-order valence-corrected chi connectivity index (χ0v) is 11.9. The van der Waals surface area contributed by atoms with Gasteiger partial charge in [-0.2, -0.15) is 0 Å². The minimum atomic E-state index is -0.165. The van der Waals surface area contributed by atoms with Crippen LogP contribution in [-0.2, 0) is 4.79 Å². The van der Waals surface area contributed by atoms with Crippen LogP contribution in [0.5, 0.6) is 11.5 Å². The number of anilines is 1. The summed E-state index contributed by atoms with van der Waals surface area (Å²) in [4.78, 5) is 11.7. The van der Waals surface area contributed by atoms with Crippen LogP contribution in [-0.4, -0.2) is 12.7 Å². The van der Waals surface area contributed by atoms with Crippen molar-refractivity contribution in [1.82, 2.24) is 0 Å². The molecule has 22 heavy (non-hydrogen) atoms. The van der Waals surface area contributed by atoms with E-state index in [0.29, 0.717) is 0 Å². The van der Waals surface area contributed by atoms with E-state index in [2.05, 4.69) is 5.32 Å². The van der Waals surface area contributed by atoms with E-state index >= 15 is 0 Å².